The summed E-state index contributed by atoms with van der Waals surface area (Å²) in [5.74, 6) is -1.04. The van der Waals surface area contributed by atoms with E-state index in [0.29, 0.717) is 28.1 Å². The van der Waals surface area contributed by atoms with Crippen LogP contribution in [-0.4, -0.2) is 40.0 Å². The Balaban J connectivity index is 2.19. The van der Waals surface area contributed by atoms with Gasteiger partial charge in [-0.15, -0.1) is 5.10 Å². The lowest BCUT2D eigenvalue weighted by Crippen LogP contribution is -2.22. The average molecular weight is 353 g/mol. The van der Waals surface area contributed by atoms with E-state index in [1.54, 1.807) is 13.8 Å². The summed E-state index contributed by atoms with van der Waals surface area (Å²) in [5.41, 5.74) is 0.850. The Bertz CT molecular complexity index is 781. The van der Waals surface area contributed by atoms with Crippen molar-refractivity contribution in [2.75, 3.05) is 0 Å². The summed E-state index contributed by atoms with van der Waals surface area (Å²) in [4.78, 5) is 0. The van der Waals surface area contributed by atoms with E-state index in [-0.39, 0.29) is 5.82 Å². The number of hydrogen-bond acceptors (Lipinski definition) is 7. The fourth-order valence-corrected chi connectivity index (χ4v) is 3.50. The van der Waals surface area contributed by atoms with Crippen molar-refractivity contribution >= 4 is 9.84 Å². The molecule has 0 atom stereocenters. The molecule has 0 unspecified atom stereocenters. The average Bonchev–Trinajstić information content (AvgIpc) is 2.95. The highest BCUT2D eigenvalue weighted by atomic mass is 32.2. The van der Waals surface area contributed by atoms with Gasteiger partial charge in [0.25, 0.3) is 0 Å². The number of sulfone groups is 1. The molecule has 2 aromatic rings. The third kappa shape index (κ3) is 4.50. The van der Waals surface area contributed by atoms with Gasteiger partial charge in [0.05, 0.1) is 11.4 Å². The maximum Gasteiger partial charge on any atom is 0.408 e. The molecule has 23 heavy (non-hydrogen) atoms. The van der Waals surface area contributed by atoms with Crippen LogP contribution in [0, 0.1) is 6.92 Å². The molecule has 12 heteroatoms. The lowest BCUT2D eigenvalue weighted by molar-refractivity contribution is -0.143. The molecule has 0 amide bonds. The number of alkyl halides is 3. The molecule has 0 fully saturated rings. The summed E-state index contributed by atoms with van der Waals surface area (Å²) in [7, 11) is -3.79. The molecule has 0 aliphatic heterocycles. The Morgan fingerprint density at radius 3 is 2.57 bits per heavy atom. The molecule has 2 heterocycles. The molecule has 0 aromatic carbocycles. The predicted molar refractivity (Wildman–Crippen MR) is 70.8 cm³/mol. The fourth-order valence-electron chi connectivity index (χ4n) is 1.99. The van der Waals surface area contributed by atoms with Crippen LogP contribution >= 0.6 is 0 Å². The van der Waals surface area contributed by atoms with Gasteiger partial charge in [-0.05, 0) is 17.4 Å². The number of rotatable bonds is 6. The summed E-state index contributed by atoms with van der Waals surface area (Å²) >= 11 is 0. The molecule has 0 aliphatic rings. The maximum atomic E-state index is 12.4. The molecule has 0 saturated heterocycles. The van der Waals surface area contributed by atoms with Crippen LogP contribution in [0.4, 0.5) is 13.2 Å². The minimum absolute atomic E-state index is 0.366. The fraction of sp³-hybridized carbons (Fsp3) is 0.636. The van der Waals surface area contributed by atoms with Gasteiger partial charge in [-0.1, -0.05) is 12.1 Å². The number of aromatic nitrogens is 5. The van der Waals surface area contributed by atoms with Crippen LogP contribution in [0.15, 0.2) is 4.52 Å². The summed E-state index contributed by atoms with van der Waals surface area (Å²) in [6, 6.07) is 0. The van der Waals surface area contributed by atoms with Crippen molar-refractivity contribution in [1.29, 1.82) is 0 Å². The van der Waals surface area contributed by atoms with Gasteiger partial charge in [0, 0.05) is 12.0 Å². The summed E-state index contributed by atoms with van der Waals surface area (Å²) < 4.78 is 67.1. The van der Waals surface area contributed by atoms with E-state index in [0.717, 1.165) is 0 Å². The largest absolute Gasteiger partial charge is 0.408 e. The number of halogens is 3. The molecular weight excluding hydrogens is 339 g/mol. The van der Waals surface area contributed by atoms with Crippen molar-refractivity contribution in [3.8, 4) is 0 Å². The van der Waals surface area contributed by atoms with Gasteiger partial charge in [-0.25, -0.2) is 13.1 Å². The van der Waals surface area contributed by atoms with E-state index < -0.39 is 34.1 Å². The standard InChI is InChI=1S/C11H14F3N5O3S/c1-3-9-8(7(2)16-22-9)4-23(20,21)5-10-15-17-18-19(10)6-11(12,13)14/h3-6H2,1-2H3. The maximum absolute atomic E-state index is 12.4. The van der Waals surface area contributed by atoms with E-state index in [9.17, 15) is 21.6 Å². The van der Waals surface area contributed by atoms with Gasteiger partial charge >= 0.3 is 6.18 Å². The number of tetrazole rings is 1. The van der Waals surface area contributed by atoms with Crippen LogP contribution in [0.1, 0.15) is 29.8 Å². The second kappa shape index (κ2) is 6.26. The molecule has 0 spiro atoms. The SMILES string of the molecule is CCc1onc(C)c1CS(=O)(=O)Cc1nnnn1CC(F)(F)F. The molecule has 0 bridgehead atoms. The van der Waals surface area contributed by atoms with Crippen LogP contribution in [0.25, 0.3) is 0 Å². The summed E-state index contributed by atoms with van der Waals surface area (Å²) in [6.07, 6.45) is -4.09. The smallest absolute Gasteiger partial charge is 0.361 e. The molecule has 2 aromatic heterocycles. The van der Waals surface area contributed by atoms with E-state index in [2.05, 4.69) is 20.7 Å². The van der Waals surface area contributed by atoms with Crippen molar-refractivity contribution < 1.29 is 26.1 Å². The van der Waals surface area contributed by atoms with Crippen LogP contribution in [0.5, 0.6) is 0 Å². The molecule has 2 rings (SSSR count). The molecule has 8 nitrogen and oxygen atoms in total. The molecular formula is C11H14F3N5O3S. The first kappa shape index (κ1) is 17.4. The Morgan fingerprint density at radius 1 is 1.26 bits per heavy atom. The normalized spacial score (nSPS) is 12.7. The van der Waals surface area contributed by atoms with Gasteiger partial charge in [0.1, 0.15) is 18.1 Å². The van der Waals surface area contributed by atoms with Gasteiger partial charge in [0.15, 0.2) is 15.7 Å². The second-order valence-corrected chi connectivity index (χ2v) is 6.99. The monoisotopic (exact) mass is 353 g/mol. The van der Waals surface area contributed by atoms with Crippen molar-refractivity contribution in [3.63, 3.8) is 0 Å². The number of aryl methyl sites for hydroxylation is 2. The minimum Gasteiger partial charge on any atom is -0.361 e. The quantitative estimate of drug-likeness (QED) is 0.769. The second-order valence-electron chi connectivity index (χ2n) is 4.92. The van der Waals surface area contributed by atoms with Crippen LogP contribution in [0.2, 0.25) is 0 Å². The molecule has 0 radical (unpaired) electrons. The Labute approximate surface area is 129 Å². The first-order valence-corrected chi connectivity index (χ1v) is 8.39. The molecule has 128 valence electrons. The first-order valence-electron chi connectivity index (χ1n) is 6.57. The van der Waals surface area contributed by atoms with Crippen molar-refractivity contribution in [2.24, 2.45) is 0 Å². The molecule has 0 N–H and O–H groups in total. The van der Waals surface area contributed by atoms with E-state index in [1.165, 1.54) is 0 Å². The van der Waals surface area contributed by atoms with Gasteiger partial charge in [-0.2, -0.15) is 13.2 Å². The third-order valence-corrected chi connectivity index (χ3v) is 4.46. The number of nitrogens with zero attached hydrogens (tertiary/aromatic N) is 5. The van der Waals surface area contributed by atoms with Gasteiger partial charge < -0.3 is 4.52 Å². The Hall–Kier alpha value is -1.98. The van der Waals surface area contributed by atoms with Gasteiger partial charge in [-0.3, -0.25) is 0 Å². The molecule has 0 saturated carbocycles. The zero-order valence-electron chi connectivity index (χ0n) is 12.3. The highest BCUT2D eigenvalue weighted by molar-refractivity contribution is 7.89. The Kier molecular flexibility index (Phi) is 4.73. The van der Waals surface area contributed by atoms with Crippen LogP contribution in [0.3, 0.4) is 0 Å². The van der Waals surface area contributed by atoms with E-state index in [1.807, 2.05) is 0 Å². The Morgan fingerprint density at radius 2 is 1.96 bits per heavy atom. The number of hydrogen-bond donors (Lipinski definition) is 0. The third-order valence-electron chi connectivity index (χ3n) is 3.04. The van der Waals surface area contributed by atoms with E-state index >= 15 is 0 Å². The molecule has 0 aliphatic carbocycles. The van der Waals surface area contributed by atoms with Crippen molar-refractivity contribution in [3.05, 3.63) is 22.8 Å². The van der Waals surface area contributed by atoms with Crippen LogP contribution < -0.4 is 0 Å². The lowest BCUT2D eigenvalue weighted by atomic mass is 10.2. The lowest BCUT2D eigenvalue weighted by Gasteiger charge is -2.08. The topological polar surface area (TPSA) is 104 Å². The highest BCUT2D eigenvalue weighted by Crippen LogP contribution is 2.21. The minimum atomic E-state index is -4.55. The first-order chi connectivity index (χ1) is 10.6. The summed E-state index contributed by atoms with van der Waals surface area (Å²) in [5, 5.41) is 13.3. The predicted octanol–water partition coefficient (Wildman–Crippen LogP) is 1.21. The zero-order valence-corrected chi connectivity index (χ0v) is 13.1. The van der Waals surface area contributed by atoms with E-state index in [4.69, 9.17) is 4.52 Å². The van der Waals surface area contributed by atoms with Crippen molar-refractivity contribution in [2.45, 2.75) is 44.5 Å². The summed E-state index contributed by atoms with van der Waals surface area (Å²) in [6.45, 7) is 1.93. The highest BCUT2D eigenvalue weighted by Gasteiger charge is 2.31. The van der Waals surface area contributed by atoms with Gasteiger partial charge in [0.2, 0.25) is 0 Å². The van der Waals surface area contributed by atoms with Crippen LogP contribution in [-0.2, 0) is 34.3 Å². The zero-order chi connectivity index (χ0) is 17.3. The van der Waals surface area contributed by atoms with Crippen molar-refractivity contribution in [1.82, 2.24) is 25.4 Å².